The molecular weight excluding hydrogens is 979 g/mol. The minimum Gasteiger partial charge on any atom is -0.495 e. The molecule has 396 valence electrons. The predicted molar refractivity (Wildman–Crippen MR) is 290 cm³/mol. The number of amides is 4. The van der Waals surface area contributed by atoms with Crippen LogP contribution in [0.25, 0.3) is 10.4 Å². The number of alkyl halides is 1. The van der Waals surface area contributed by atoms with Crippen LogP contribution in [0.4, 0.5) is 21.8 Å². The van der Waals surface area contributed by atoms with Crippen LogP contribution in [0.1, 0.15) is 89.0 Å². The van der Waals surface area contributed by atoms with Crippen molar-refractivity contribution in [2.45, 2.75) is 115 Å². The highest BCUT2D eigenvalue weighted by Crippen LogP contribution is 2.55. The highest BCUT2D eigenvalue weighted by molar-refractivity contribution is 8.00. The van der Waals surface area contributed by atoms with Crippen molar-refractivity contribution in [3.8, 4) is 16.2 Å². The van der Waals surface area contributed by atoms with E-state index < -0.39 is 22.4 Å². The zero-order valence-corrected chi connectivity index (χ0v) is 45.6. The summed E-state index contributed by atoms with van der Waals surface area (Å²) in [5, 5.41) is 19.0. The van der Waals surface area contributed by atoms with Gasteiger partial charge < -0.3 is 46.2 Å². The van der Waals surface area contributed by atoms with Gasteiger partial charge in [0.1, 0.15) is 22.3 Å². The van der Waals surface area contributed by atoms with Gasteiger partial charge in [0, 0.05) is 57.1 Å². The van der Waals surface area contributed by atoms with Crippen molar-refractivity contribution >= 4 is 77.3 Å². The van der Waals surface area contributed by atoms with Gasteiger partial charge in [0.15, 0.2) is 0 Å². The quantitative estimate of drug-likeness (QED) is 0.0712. The van der Waals surface area contributed by atoms with Crippen LogP contribution in [0.3, 0.4) is 0 Å². The fraction of sp³-hybridized carbons (Fsp3) is 0.558. The van der Waals surface area contributed by atoms with Crippen LogP contribution in [-0.2, 0) is 25.7 Å². The van der Waals surface area contributed by atoms with E-state index >= 15 is 4.39 Å². The number of methoxy groups -OCH3 is 1. The number of benzene rings is 2. The van der Waals surface area contributed by atoms with Crippen molar-refractivity contribution in [3.63, 3.8) is 0 Å². The van der Waals surface area contributed by atoms with Crippen molar-refractivity contribution in [3.05, 3.63) is 76.0 Å². The Bertz CT molecular complexity index is 2290. The van der Waals surface area contributed by atoms with Gasteiger partial charge in [-0.25, -0.2) is 14.4 Å². The second kappa shape index (κ2) is 29.6. The van der Waals surface area contributed by atoms with Gasteiger partial charge >= 0.3 is 0 Å². The van der Waals surface area contributed by atoms with Gasteiger partial charge in [-0.15, -0.1) is 11.3 Å². The lowest BCUT2D eigenvalue weighted by Crippen LogP contribution is -2.50. The van der Waals surface area contributed by atoms with Gasteiger partial charge in [-0.2, -0.15) is 16.7 Å². The monoisotopic (exact) mass is 1050 g/mol. The number of likely N-dealkylation sites (N-methyl/N-ethyl adjacent to an activating group) is 1. The number of aromatic nitrogens is 3. The average Bonchev–Trinajstić information content (AvgIpc) is 3.78. The number of carbonyl (C=O) groups is 4. The van der Waals surface area contributed by atoms with E-state index in [0.29, 0.717) is 55.6 Å². The molecule has 0 bridgehead atoms. The van der Waals surface area contributed by atoms with Gasteiger partial charge in [0.25, 0.3) is 0 Å². The molecule has 4 aliphatic rings. The van der Waals surface area contributed by atoms with Crippen molar-refractivity contribution in [2.24, 2.45) is 17.6 Å². The number of aliphatic hydroxyl groups is 1. The molecule has 6 N–H and O–H groups in total. The molecule has 4 aromatic rings. The van der Waals surface area contributed by atoms with Crippen molar-refractivity contribution in [1.29, 1.82) is 0 Å². The number of thiazole rings is 1. The van der Waals surface area contributed by atoms with E-state index in [9.17, 15) is 19.5 Å². The summed E-state index contributed by atoms with van der Waals surface area (Å²) in [5.74, 6) is 2.85. The Morgan fingerprint density at radius 2 is 1.74 bits per heavy atom. The number of β-amino-alcohol motifs (C(OH)–C–C–N with tert-alkyl or cyclic N) is 1. The number of likely N-dealkylation sites (tertiary alicyclic amines) is 1. The zero-order valence-electron chi connectivity index (χ0n) is 43.2. The largest absolute Gasteiger partial charge is 0.495 e. The van der Waals surface area contributed by atoms with E-state index in [1.165, 1.54) is 42.5 Å². The molecule has 4 heterocycles. The summed E-state index contributed by atoms with van der Waals surface area (Å²) in [6.07, 6.45) is 11.1. The third-order valence-corrected chi connectivity index (χ3v) is 15.9. The maximum atomic E-state index is 15.2. The maximum Gasteiger partial charge on any atom is 0.230 e. The Morgan fingerprint density at radius 3 is 2.28 bits per heavy atom. The van der Waals surface area contributed by atoms with Crippen molar-refractivity contribution < 1.29 is 33.4 Å². The first-order chi connectivity index (χ1) is 34.4. The Hall–Kier alpha value is -5.08. The van der Waals surface area contributed by atoms with E-state index in [0.717, 1.165) is 72.5 Å². The summed E-state index contributed by atoms with van der Waals surface area (Å²) < 4.78 is 20.1. The highest BCUT2D eigenvalue weighted by Gasteiger charge is 2.60. The summed E-state index contributed by atoms with van der Waals surface area (Å²) in [4.78, 5) is 61.7. The molecule has 2 aromatic carbocycles. The summed E-state index contributed by atoms with van der Waals surface area (Å²) in [7, 11) is 5.45. The molecule has 2 saturated carbocycles. The number of aryl methyl sites for hydroxylation is 2. The molecule has 2 aliphatic heterocycles. The lowest BCUT2D eigenvalue weighted by atomic mass is 9.86. The number of piperazine rings is 1. The number of nitrogens with two attached hydrogens (primary N) is 1. The van der Waals surface area contributed by atoms with E-state index in [-0.39, 0.29) is 18.4 Å². The molecular formula is C52H76ClFN10O6S2. The van der Waals surface area contributed by atoms with Gasteiger partial charge in [-0.1, -0.05) is 61.2 Å². The smallest absolute Gasteiger partial charge is 0.230 e. The minimum absolute atomic E-state index is 0.00601. The number of halogens is 2. The second-order valence-corrected chi connectivity index (χ2v) is 22.1. The molecule has 20 heteroatoms. The summed E-state index contributed by atoms with van der Waals surface area (Å²) in [6.45, 7) is 14.8. The second-order valence-electron chi connectivity index (χ2n) is 19.1. The molecule has 2 aromatic heterocycles. The Morgan fingerprint density at radius 1 is 1.07 bits per heavy atom. The number of anilines is 3. The number of primary amides is 1. The molecule has 0 radical (unpaired) electrons. The van der Waals surface area contributed by atoms with E-state index in [1.807, 2.05) is 56.6 Å². The summed E-state index contributed by atoms with van der Waals surface area (Å²) in [6, 6.07) is 14.0. The molecule has 4 fully saturated rings. The summed E-state index contributed by atoms with van der Waals surface area (Å²) >= 11 is 9.38. The number of nitrogens with zero attached hydrogens (tertiary/aromatic N) is 6. The summed E-state index contributed by atoms with van der Waals surface area (Å²) in [5.41, 5.74) is 9.93. The zero-order chi connectivity index (χ0) is 52.8. The average molecular weight is 1060 g/mol. The standard InChI is InChI=1S/C20H34FNO2S.C13H15ClN4O.C12H12N2OS.C6H12N2O.CH3NO/c1-14-11-16(23)12-22(14)18(24)17(20(21)9-10-20)19(2,3)25-13-15-7-5-4-6-8-15;1-8-4-5-10(11(6-8)19-3)17-13-16-7-9(14)12(15-2)18-13;1-9-12(16-8-14-9)11-4-2-10(3-5-11)6-13-7-15;1-7-2-4-8(6-9)5-3-7;2-1-3/h14-17,23H,4-13H2,1-3H3;4-7H,1-3H3,(H2,15,16,17,18);2-5,7-8H,6H2,1H3,(H,13,15);6H,2-5H2,1H3;1H,(H2,2,3). The molecule has 16 nitrogen and oxygen atoms in total. The van der Waals surface area contributed by atoms with Gasteiger partial charge in [0.2, 0.25) is 31.1 Å². The van der Waals surface area contributed by atoms with Gasteiger partial charge in [-0.3, -0.25) is 19.2 Å². The normalized spacial score (nSPS) is 18.7. The molecule has 72 heavy (non-hydrogen) atoms. The van der Waals surface area contributed by atoms with Crippen LogP contribution >= 0.6 is 34.7 Å². The molecule has 2 saturated heterocycles. The number of rotatable bonds is 15. The number of ether oxygens (including phenoxy) is 1. The van der Waals surface area contributed by atoms with Crippen LogP contribution in [0.5, 0.6) is 5.75 Å². The third kappa shape index (κ3) is 18.4. The lowest BCUT2D eigenvalue weighted by molar-refractivity contribution is -0.140. The molecule has 4 amide bonds. The topological polar surface area (TPSA) is 208 Å². The fourth-order valence-corrected chi connectivity index (χ4v) is 11.3. The predicted octanol–water partition coefficient (Wildman–Crippen LogP) is 8.27. The number of hydrogen-bond acceptors (Lipinski definition) is 14. The Balaban J connectivity index is 0.000000214. The Kier molecular flexibility index (Phi) is 24.4. The molecule has 0 spiro atoms. The lowest BCUT2D eigenvalue weighted by Gasteiger charge is -2.39. The first kappa shape index (κ1) is 59.5. The number of aliphatic hydroxyl groups excluding tert-OH is 1. The highest BCUT2D eigenvalue weighted by atomic mass is 35.5. The van der Waals surface area contributed by atoms with Crippen LogP contribution in [0, 0.1) is 25.7 Å². The third-order valence-electron chi connectivity index (χ3n) is 13.1. The van der Waals surface area contributed by atoms with E-state index in [4.69, 9.17) is 21.1 Å². The van der Waals surface area contributed by atoms with Crippen LogP contribution in [0.15, 0.2) is 54.2 Å². The Labute approximate surface area is 438 Å². The minimum atomic E-state index is -1.34. The van der Waals surface area contributed by atoms with Crippen molar-refractivity contribution in [1.82, 2.24) is 35.0 Å². The first-order valence-electron chi connectivity index (χ1n) is 24.5. The number of nitrogens with one attached hydrogen (secondary N) is 3. The fourth-order valence-electron chi connectivity index (χ4n) is 8.86. The van der Waals surface area contributed by atoms with Crippen LogP contribution in [0.2, 0.25) is 5.02 Å². The molecule has 2 aliphatic carbocycles. The number of hydrogen-bond donors (Lipinski definition) is 5. The van der Waals surface area contributed by atoms with Crippen LogP contribution < -0.4 is 26.4 Å². The molecule has 3 unspecified atom stereocenters. The maximum absolute atomic E-state index is 15.2. The first-order valence-corrected chi connectivity index (χ1v) is 26.8. The van der Waals surface area contributed by atoms with Gasteiger partial charge in [-0.05, 0) is 114 Å². The molecule has 8 rings (SSSR count). The van der Waals surface area contributed by atoms with Crippen molar-refractivity contribution in [2.75, 3.05) is 70.3 Å². The van der Waals surface area contributed by atoms with Gasteiger partial charge in [0.05, 0.1) is 47.1 Å². The van der Waals surface area contributed by atoms with E-state index in [1.54, 1.807) is 53.3 Å². The SMILES string of the molecule is CC1CC(O)CN1C(=O)C(C1(F)CC1)C(C)(C)SCC1CCCCC1.CN1CCN(C=O)CC1.CNc1nc(Nc2ccc(C)cc2OC)ncc1Cl.Cc1ncsc1-c1ccc(CNC=O)cc1.NC=O. The molecule has 3 atom stereocenters. The number of carbonyl (C=O) groups excluding carboxylic acids is 4. The van der Waals surface area contributed by atoms with E-state index in [2.05, 4.69) is 74.6 Å². The number of thioether (sulfide) groups is 1. The van der Waals surface area contributed by atoms with Crippen LogP contribution in [-0.4, -0.2) is 142 Å².